The monoisotopic (exact) mass is 269 g/mol. The van der Waals surface area contributed by atoms with Crippen LogP contribution in [0.4, 0.5) is 0 Å². The van der Waals surface area contributed by atoms with Crippen LogP contribution in [0, 0.1) is 11.8 Å². The van der Waals surface area contributed by atoms with Crippen molar-refractivity contribution in [3.05, 3.63) is 0 Å². The standard InChI is InChI=1S/C15H27NO3/c1-11-4-3-5-14(12(11)2)16-8-6-13(7-9-16)19-10-15(17)18/h11-14H,3-10H2,1-2H3,(H,17,18). The van der Waals surface area contributed by atoms with E-state index in [1.807, 2.05) is 0 Å². The van der Waals surface area contributed by atoms with Crippen molar-refractivity contribution < 1.29 is 14.6 Å². The van der Waals surface area contributed by atoms with Gasteiger partial charge in [-0.15, -0.1) is 0 Å². The maximum atomic E-state index is 10.5. The number of likely N-dealkylation sites (tertiary alicyclic amines) is 1. The Morgan fingerprint density at radius 3 is 2.53 bits per heavy atom. The number of hydrogen-bond donors (Lipinski definition) is 1. The Morgan fingerprint density at radius 2 is 1.89 bits per heavy atom. The van der Waals surface area contributed by atoms with E-state index in [9.17, 15) is 4.79 Å². The molecule has 3 unspecified atom stereocenters. The first kappa shape index (κ1) is 14.8. The fourth-order valence-corrected chi connectivity index (χ4v) is 3.63. The molecule has 1 N–H and O–H groups in total. The van der Waals surface area contributed by atoms with Crippen LogP contribution in [-0.4, -0.2) is 47.8 Å². The number of carboxylic acid groups (broad SMARTS) is 1. The summed E-state index contributed by atoms with van der Waals surface area (Å²) >= 11 is 0. The molecular weight excluding hydrogens is 242 g/mol. The van der Waals surface area contributed by atoms with Gasteiger partial charge in [0.25, 0.3) is 0 Å². The molecule has 3 atom stereocenters. The van der Waals surface area contributed by atoms with Crippen molar-refractivity contribution in [2.45, 2.75) is 58.1 Å². The summed E-state index contributed by atoms with van der Waals surface area (Å²) in [5.74, 6) is 0.752. The molecule has 1 aliphatic heterocycles. The number of hydrogen-bond acceptors (Lipinski definition) is 3. The third kappa shape index (κ3) is 3.93. The quantitative estimate of drug-likeness (QED) is 0.851. The molecule has 0 radical (unpaired) electrons. The number of rotatable bonds is 4. The topological polar surface area (TPSA) is 49.8 Å². The zero-order valence-corrected chi connectivity index (χ0v) is 12.2. The van der Waals surface area contributed by atoms with E-state index < -0.39 is 5.97 Å². The van der Waals surface area contributed by atoms with Gasteiger partial charge in [-0.3, -0.25) is 4.90 Å². The second-order valence-corrected chi connectivity index (χ2v) is 6.27. The maximum absolute atomic E-state index is 10.5. The highest BCUT2D eigenvalue weighted by molar-refractivity contribution is 5.68. The van der Waals surface area contributed by atoms with E-state index in [4.69, 9.17) is 9.84 Å². The van der Waals surface area contributed by atoms with E-state index in [2.05, 4.69) is 18.7 Å². The van der Waals surface area contributed by atoms with Gasteiger partial charge in [0.1, 0.15) is 6.61 Å². The average Bonchev–Trinajstić information content (AvgIpc) is 2.40. The van der Waals surface area contributed by atoms with Crippen molar-refractivity contribution in [2.24, 2.45) is 11.8 Å². The summed E-state index contributed by atoms with van der Waals surface area (Å²) in [5, 5.41) is 8.63. The van der Waals surface area contributed by atoms with Gasteiger partial charge in [-0.2, -0.15) is 0 Å². The van der Waals surface area contributed by atoms with Crippen molar-refractivity contribution in [1.82, 2.24) is 4.90 Å². The molecule has 1 saturated carbocycles. The summed E-state index contributed by atoms with van der Waals surface area (Å²) in [6.07, 6.45) is 6.15. The second-order valence-electron chi connectivity index (χ2n) is 6.27. The van der Waals surface area contributed by atoms with Crippen LogP contribution in [-0.2, 0) is 9.53 Å². The first-order valence-corrected chi connectivity index (χ1v) is 7.65. The number of carbonyl (C=O) groups is 1. The Morgan fingerprint density at radius 1 is 1.21 bits per heavy atom. The number of ether oxygens (including phenoxy) is 1. The van der Waals surface area contributed by atoms with Crippen LogP contribution in [0.15, 0.2) is 0 Å². The highest BCUT2D eigenvalue weighted by Gasteiger charge is 2.33. The van der Waals surface area contributed by atoms with Crippen LogP contribution in [0.5, 0.6) is 0 Å². The number of aliphatic carboxylic acids is 1. The first-order chi connectivity index (χ1) is 9.08. The summed E-state index contributed by atoms with van der Waals surface area (Å²) in [6.45, 7) is 6.74. The van der Waals surface area contributed by atoms with Gasteiger partial charge < -0.3 is 9.84 Å². The van der Waals surface area contributed by atoms with Crippen molar-refractivity contribution >= 4 is 5.97 Å². The number of piperidine rings is 1. The van der Waals surface area contributed by atoms with Crippen molar-refractivity contribution in [3.8, 4) is 0 Å². The summed E-state index contributed by atoms with van der Waals surface area (Å²) in [6, 6.07) is 0.726. The van der Waals surface area contributed by atoms with E-state index in [1.54, 1.807) is 0 Å². The molecule has 2 rings (SSSR count). The summed E-state index contributed by atoms with van der Waals surface area (Å²) in [7, 11) is 0. The minimum Gasteiger partial charge on any atom is -0.480 e. The molecule has 0 aromatic rings. The smallest absolute Gasteiger partial charge is 0.329 e. The molecule has 0 bridgehead atoms. The summed E-state index contributed by atoms with van der Waals surface area (Å²) in [4.78, 5) is 13.1. The molecule has 0 amide bonds. The molecule has 4 nitrogen and oxygen atoms in total. The normalized spacial score (nSPS) is 34.3. The zero-order chi connectivity index (χ0) is 13.8. The summed E-state index contributed by atoms with van der Waals surface area (Å²) in [5.41, 5.74) is 0. The van der Waals surface area contributed by atoms with E-state index >= 15 is 0 Å². The molecule has 2 aliphatic rings. The molecule has 0 aromatic carbocycles. The molecular formula is C15H27NO3. The van der Waals surface area contributed by atoms with Gasteiger partial charge in [-0.05, 0) is 31.1 Å². The molecule has 0 aromatic heterocycles. The predicted molar refractivity (Wildman–Crippen MR) is 74.1 cm³/mol. The van der Waals surface area contributed by atoms with Gasteiger partial charge in [-0.1, -0.05) is 26.7 Å². The van der Waals surface area contributed by atoms with Crippen LogP contribution in [0.25, 0.3) is 0 Å². The molecule has 2 fully saturated rings. The van der Waals surface area contributed by atoms with Gasteiger partial charge in [0.15, 0.2) is 0 Å². The lowest BCUT2D eigenvalue weighted by Gasteiger charge is -2.44. The Kier molecular flexibility index (Phi) is 5.22. The van der Waals surface area contributed by atoms with Crippen LogP contribution >= 0.6 is 0 Å². The highest BCUT2D eigenvalue weighted by atomic mass is 16.5. The van der Waals surface area contributed by atoms with Crippen molar-refractivity contribution in [3.63, 3.8) is 0 Å². The fraction of sp³-hybridized carbons (Fsp3) is 0.933. The molecule has 1 saturated heterocycles. The van der Waals surface area contributed by atoms with Gasteiger partial charge in [-0.25, -0.2) is 4.79 Å². The lowest BCUT2D eigenvalue weighted by atomic mass is 9.77. The molecule has 0 spiro atoms. The molecule has 1 heterocycles. The van der Waals surface area contributed by atoms with E-state index in [-0.39, 0.29) is 12.7 Å². The van der Waals surface area contributed by atoms with Gasteiger partial charge in [0.05, 0.1) is 6.10 Å². The maximum Gasteiger partial charge on any atom is 0.329 e. The molecule has 19 heavy (non-hydrogen) atoms. The predicted octanol–water partition coefficient (Wildman–Crippen LogP) is 2.38. The highest BCUT2D eigenvalue weighted by Crippen LogP contribution is 2.34. The minimum atomic E-state index is -0.864. The lowest BCUT2D eigenvalue weighted by Crippen LogP contribution is -2.48. The molecule has 4 heteroatoms. The van der Waals surface area contributed by atoms with Crippen LogP contribution < -0.4 is 0 Å². The van der Waals surface area contributed by atoms with E-state index in [1.165, 1.54) is 19.3 Å². The number of carboxylic acids is 1. The Hall–Kier alpha value is -0.610. The van der Waals surface area contributed by atoms with Crippen LogP contribution in [0.2, 0.25) is 0 Å². The minimum absolute atomic E-state index is 0.142. The third-order valence-corrected chi connectivity index (χ3v) is 5.05. The SMILES string of the molecule is CC1CCCC(N2CCC(OCC(=O)O)CC2)C1C. The van der Waals surface area contributed by atoms with Gasteiger partial charge in [0, 0.05) is 19.1 Å². The lowest BCUT2D eigenvalue weighted by molar-refractivity contribution is -0.145. The van der Waals surface area contributed by atoms with Gasteiger partial charge >= 0.3 is 5.97 Å². The molecule has 110 valence electrons. The average molecular weight is 269 g/mol. The molecule has 1 aliphatic carbocycles. The zero-order valence-electron chi connectivity index (χ0n) is 12.2. The number of nitrogens with zero attached hydrogens (tertiary/aromatic N) is 1. The third-order valence-electron chi connectivity index (χ3n) is 5.05. The summed E-state index contributed by atoms with van der Waals surface area (Å²) < 4.78 is 5.40. The van der Waals surface area contributed by atoms with Crippen LogP contribution in [0.1, 0.15) is 46.0 Å². The van der Waals surface area contributed by atoms with E-state index in [0.29, 0.717) is 0 Å². The van der Waals surface area contributed by atoms with E-state index in [0.717, 1.165) is 43.8 Å². The second kappa shape index (κ2) is 6.71. The fourth-order valence-electron chi connectivity index (χ4n) is 3.63. The Balaban J connectivity index is 1.77. The van der Waals surface area contributed by atoms with Gasteiger partial charge in [0.2, 0.25) is 0 Å². The van der Waals surface area contributed by atoms with Crippen molar-refractivity contribution in [1.29, 1.82) is 0 Å². The van der Waals surface area contributed by atoms with Crippen molar-refractivity contribution in [2.75, 3.05) is 19.7 Å². The largest absolute Gasteiger partial charge is 0.480 e. The first-order valence-electron chi connectivity index (χ1n) is 7.65. The Bertz CT molecular complexity index is 300. The Labute approximate surface area is 116 Å². The van der Waals surface area contributed by atoms with Crippen LogP contribution in [0.3, 0.4) is 0 Å².